The molecule has 0 aromatic heterocycles. The molecule has 0 spiro atoms. The van der Waals surface area contributed by atoms with Gasteiger partial charge in [-0.15, -0.1) is 0 Å². The summed E-state index contributed by atoms with van der Waals surface area (Å²) in [5, 5.41) is 23.2. The number of hydrogen-bond donors (Lipinski definition) is 3. The van der Waals surface area contributed by atoms with E-state index in [9.17, 15) is 20.0 Å². The lowest BCUT2D eigenvalue weighted by molar-refractivity contribution is -0.384. The SMILES string of the molecule is COCC(O)CCNc1cc(C(N)=O)ccc1[N+](=O)[O-]. The number of nitrogens with two attached hydrogens (primary N) is 1. The number of nitro benzene ring substituents is 1. The lowest BCUT2D eigenvalue weighted by Gasteiger charge is -2.11. The summed E-state index contributed by atoms with van der Waals surface area (Å²) in [6.45, 7) is 0.485. The molecule has 4 N–H and O–H groups in total. The lowest BCUT2D eigenvalue weighted by atomic mass is 10.1. The number of amides is 1. The number of benzene rings is 1. The zero-order valence-electron chi connectivity index (χ0n) is 11.0. The summed E-state index contributed by atoms with van der Waals surface area (Å²) in [6, 6.07) is 3.84. The molecule has 0 bridgehead atoms. The Kier molecular flexibility index (Phi) is 5.88. The molecule has 0 heterocycles. The van der Waals surface area contributed by atoms with Gasteiger partial charge in [-0.05, 0) is 18.6 Å². The van der Waals surface area contributed by atoms with Crippen LogP contribution in [0.25, 0.3) is 0 Å². The third kappa shape index (κ3) is 4.48. The van der Waals surface area contributed by atoms with E-state index < -0.39 is 16.9 Å². The summed E-state index contributed by atoms with van der Waals surface area (Å²) in [5.74, 6) is -0.664. The first-order chi connectivity index (χ1) is 9.45. The summed E-state index contributed by atoms with van der Waals surface area (Å²) in [5.41, 5.74) is 5.34. The number of rotatable bonds is 8. The van der Waals surface area contributed by atoms with E-state index in [1.165, 1.54) is 25.3 Å². The summed E-state index contributed by atoms with van der Waals surface area (Å²) in [7, 11) is 1.47. The Balaban J connectivity index is 2.77. The third-order valence-corrected chi connectivity index (χ3v) is 2.63. The first-order valence-electron chi connectivity index (χ1n) is 5.94. The highest BCUT2D eigenvalue weighted by Gasteiger charge is 2.16. The monoisotopic (exact) mass is 283 g/mol. The van der Waals surface area contributed by atoms with Gasteiger partial charge in [0, 0.05) is 25.3 Å². The zero-order valence-corrected chi connectivity index (χ0v) is 11.0. The molecule has 1 rings (SSSR count). The van der Waals surface area contributed by atoms with E-state index in [4.69, 9.17) is 10.5 Å². The van der Waals surface area contributed by atoms with Gasteiger partial charge in [-0.3, -0.25) is 14.9 Å². The van der Waals surface area contributed by atoms with Crippen molar-refractivity contribution in [2.24, 2.45) is 5.73 Å². The fourth-order valence-corrected chi connectivity index (χ4v) is 1.64. The van der Waals surface area contributed by atoms with E-state index in [1.807, 2.05) is 0 Å². The highest BCUT2D eigenvalue weighted by atomic mass is 16.6. The Morgan fingerprint density at radius 2 is 2.30 bits per heavy atom. The maximum absolute atomic E-state index is 11.1. The van der Waals surface area contributed by atoms with Crippen molar-refractivity contribution in [1.82, 2.24) is 0 Å². The molecule has 1 unspecified atom stereocenters. The van der Waals surface area contributed by atoms with Crippen LogP contribution in [0.1, 0.15) is 16.8 Å². The number of carbonyl (C=O) groups is 1. The lowest BCUT2D eigenvalue weighted by Crippen LogP contribution is -2.19. The predicted octanol–water partition coefficient (Wildman–Crippen LogP) is 0.503. The standard InChI is InChI=1S/C12H17N3O5/c1-20-7-9(16)4-5-14-10-6-8(12(13)17)2-3-11(10)15(18)19/h2-3,6,9,14,16H,4-5,7H2,1H3,(H2,13,17). The van der Waals surface area contributed by atoms with E-state index in [0.717, 1.165) is 0 Å². The minimum Gasteiger partial charge on any atom is -0.391 e. The largest absolute Gasteiger partial charge is 0.391 e. The van der Waals surface area contributed by atoms with Crippen molar-refractivity contribution < 1.29 is 19.6 Å². The first-order valence-corrected chi connectivity index (χ1v) is 5.94. The van der Waals surface area contributed by atoms with Gasteiger partial charge in [0.05, 0.1) is 17.6 Å². The average molecular weight is 283 g/mol. The van der Waals surface area contributed by atoms with Crippen LogP contribution >= 0.6 is 0 Å². The molecule has 20 heavy (non-hydrogen) atoms. The smallest absolute Gasteiger partial charge is 0.292 e. The molecule has 1 atom stereocenters. The van der Waals surface area contributed by atoms with Gasteiger partial charge in [-0.25, -0.2) is 0 Å². The van der Waals surface area contributed by atoms with E-state index in [-0.39, 0.29) is 23.5 Å². The van der Waals surface area contributed by atoms with E-state index in [1.54, 1.807) is 0 Å². The minimum absolute atomic E-state index is 0.156. The van der Waals surface area contributed by atoms with Crippen LogP contribution in [-0.4, -0.2) is 42.3 Å². The van der Waals surface area contributed by atoms with Crippen LogP contribution in [0.4, 0.5) is 11.4 Å². The number of nitrogens with zero attached hydrogens (tertiary/aromatic N) is 1. The molecule has 1 aromatic carbocycles. The van der Waals surface area contributed by atoms with Gasteiger partial charge in [-0.1, -0.05) is 0 Å². The molecule has 1 aromatic rings. The second-order valence-corrected chi connectivity index (χ2v) is 4.18. The fourth-order valence-electron chi connectivity index (χ4n) is 1.64. The number of hydrogen-bond acceptors (Lipinski definition) is 6. The predicted molar refractivity (Wildman–Crippen MR) is 72.6 cm³/mol. The summed E-state index contributed by atoms with van der Waals surface area (Å²) in [6.07, 6.45) is -0.308. The van der Waals surface area contributed by atoms with Crippen molar-refractivity contribution in [1.29, 1.82) is 0 Å². The van der Waals surface area contributed by atoms with Crippen molar-refractivity contribution in [3.8, 4) is 0 Å². The molecule has 110 valence electrons. The second kappa shape index (κ2) is 7.41. The van der Waals surface area contributed by atoms with E-state index in [2.05, 4.69) is 5.32 Å². The van der Waals surface area contributed by atoms with Gasteiger partial charge in [0.1, 0.15) is 5.69 Å². The molecule has 8 heteroatoms. The Hall–Kier alpha value is -2.19. The summed E-state index contributed by atoms with van der Waals surface area (Å²) < 4.78 is 4.77. The van der Waals surface area contributed by atoms with Crippen LogP contribution in [0.5, 0.6) is 0 Å². The van der Waals surface area contributed by atoms with Crippen molar-refractivity contribution in [3.63, 3.8) is 0 Å². The number of aliphatic hydroxyl groups is 1. The van der Waals surface area contributed by atoms with Crippen LogP contribution < -0.4 is 11.1 Å². The first kappa shape index (κ1) is 15.9. The van der Waals surface area contributed by atoms with Crippen LogP contribution in [0.2, 0.25) is 0 Å². The van der Waals surface area contributed by atoms with Gasteiger partial charge in [0.2, 0.25) is 5.91 Å². The van der Waals surface area contributed by atoms with E-state index >= 15 is 0 Å². The van der Waals surface area contributed by atoms with E-state index in [0.29, 0.717) is 13.0 Å². The van der Waals surface area contributed by atoms with Crippen molar-refractivity contribution >= 4 is 17.3 Å². The van der Waals surface area contributed by atoms with Gasteiger partial charge in [0.25, 0.3) is 5.69 Å². The third-order valence-electron chi connectivity index (χ3n) is 2.63. The number of anilines is 1. The molecular weight excluding hydrogens is 266 g/mol. The maximum atomic E-state index is 11.1. The van der Waals surface area contributed by atoms with Crippen molar-refractivity contribution in [2.75, 3.05) is 25.6 Å². The molecule has 1 amide bonds. The molecule has 0 radical (unpaired) electrons. The molecule has 0 aliphatic carbocycles. The maximum Gasteiger partial charge on any atom is 0.292 e. The van der Waals surface area contributed by atoms with Gasteiger partial charge < -0.3 is 20.9 Å². The number of methoxy groups -OCH3 is 1. The Morgan fingerprint density at radius 1 is 1.60 bits per heavy atom. The quantitative estimate of drug-likeness (QED) is 0.471. The molecule has 0 aliphatic rings. The van der Waals surface area contributed by atoms with Crippen molar-refractivity contribution in [3.05, 3.63) is 33.9 Å². The molecular formula is C12H17N3O5. The summed E-state index contributed by atoms with van der Waals surface area (Å²) in [4.78, 5) is 21.4. The highest BCUT2D eigenvalue weighted by Crippen LogP contribution is 2.25. The molecule has 0 saturated heterocycles. The van der Waals surface area contributed by atoms with Crippen molar-refractivity contribution in [2.45, 2.75) is 12.5 Å². The number of nitro groups is 1. The van der Waals surface area contributed by atoms with Gasteiger partial charge in [-0.2, -0.15) is 0 Å². The topological polar surface area (TPSA) is 128 Å². The number of carbonyl (C=O) groups excluding carboxylic acids is 1. The molecule has 8 nitrogen and oxygen atoms in total. The number of nitrogens with one attached hydrogen (secondary N) is 1. The highest BCUT2D eigenvalue weighted by molar-refractivity contribution is 5.94. The minimum atomic E-state index is -0.664. The van der Waals surface area contributed by atoms with Gasteiger partial charge in [0.15, 0.2) is 0 Å². The Labute approximate surface area is 115 Å². The molecule has 0 saturated carbocycles. The zero-order chi connectivity index (χ0) is 15.1. The number of aliphatic hydroxyl groups excluding tert-OH is 1. The second-order valence-electron chi connectivity index (χ2n) is 4.18. The normalized spacial score (nSPS) is 11.9. The average Bonchev–Trinajstić information content (AvgIpc) is 2.38. The van der Waals surface area contributed by atoms with Crippen LogP contribution in [0, 0.1) is 10.1 Å². The summed E-state index contributed by atoms with van der Waals surface area (Å²) >= 11 is 0. The fraction of sp³-hybridized carbons (Fsp3) is 0.417. The van der Waals surface area contributed by atoms with Crippen LogP contribution in [-0.2, 0) is 4.74 Å². The number of ether oxygens (including phenoxy) is 1. The van der Waals surface area contributed by atoms with Gasteiger partial charge >= 0.3 is 0 Å². The van der Waals surface area contributed by atoms with Crippen LogP contribution in [0.3, 0.4) is 0 Å². The number of primary amides is 1. The van der Waals surface area contributed by atoms with Crippen LogP contribution in [0.15, 0.2) is 18.2 Å². The Bertz CT molecular complexity index is 492. The molecule has 0 fully saturated rings. The Morgan fingerprint density at radius 3 is 2.85 bits per heavy atom. The molecule has 0 aliphatic heterocycles.